The lowest BCUT2D eigenvalue weighted by atomic mass is 9.97. The highest BCUT2D eigenvalue weighted by atomic mass is 32.1. The highest BCUT2D eigenvalue weighted by Crippen LogP contribution is 2.44. The van der Waals surface area contributed by atoms with Crippen LogP contribution in [0.1, 0.15) is 0 Å². The van der Waals surface area contributed by atoms with Gasteiger partial charge in [-0.2, -0.15) is 0 Å². The van der Waals surface area contributed by atoms with Crippen molar-refractivity contribution in [1.82, 2.24) is 0 Å². The second-order valence-corrected chi connectivity index (χ2v) is 16.6. The van der Waals surface area contributed by atoms with Crippen LogP contribution in [0.3, 0.4) is 0 Å². The van der Waals surface area contributed by atoms with Crippen molar-refractivity contribution in [2.75, 3.05) is 4.90 Å². The van der Waals surface area contributed by atoms with E-state index >= 15 is 0 Å². The number of nitrogens with zero attached hydrogens (tertiary/aromatic N) is 1. The van der Waals surface area contributed by atoms with Crippen LogP contribution in [-0.4, -0.2) is 0 Å². The van der Waals surface area contributed by atoms with E-state index in [9.17, 15) is 0 Å². The van der Waals surface area contributed by atoms with Gasteiger partial charge in [-0.1, -0.05) is 158 Å². The Labute approximate surface area is 340 Å². The fraction of sp³-hybridized carbons (Fsp3) is 0. The van der Waals surface area contributed by atoms with E-state index in [-0.39, 0.29) is 0 Å². The Balaban J connectivity index is 1.07. The monoisotopic (exact) mass is 761 g/mol. The third-order valence-electron chi connectivity index (χ3n) is 11.1. The summed E-state index contributed by atoms with van der Waals surface area (Å²) in [5, 5.41) is 5.27. The van der Waals surface area contributed by atoms with Crippen LogP contribution in [0.4, 0.5) is 17.1 Å². The van der Waals surface area contributed by atoms with Crippen molar-refractivity contribution in [1.29, 1.82) is 0 Å². The van der Waals surface area contributed by atoms with Gasteiger partial charge in [0.05, 0.1) is 0 Å². The SMILES string of the molecule is c1ccc(-c2cc(-c3ccccc3)cc(N(c3ccc(-c4cccc5c4sc4ccccc45)cc3)c3ccc(-c4cccc5c4sc4ccccc45)cc3)c2)cc1. The Hall–Kier alpha value is -6.78. The van der Waals surface area contributed by atoms with Crippen LogP contribution < -0.4 is 4.90 Å². The molecule has 0 N–H and O–H groups in total. The maximum Gasteiger partial charge on any atom is 0.0473 e. The predicted octanol–water partition coefficient (Wildman–Crippen LogP) is 16.6. The summed E-state index contributed by atoms with van der Waals surface area (Å²) in [6, 6.07) is 77.6. The van der Waals surface area contributed by atoms with Gasteiger partial charge in [0.25, 0.3) is 0 Å². The molecule has 57 heavy (non-hydrogen) atoms. The van der Waals surface area contributed by atoms with Crippen LogP contribution >= 0.6 is 22.7 Å². The summed E-state index contributed by atoms with van der Waals surface area (Å²) in [6.45, 7) is 0. The first-order valence-corrected chi connectivity index (χ1v) is 21.0. The molecule has 0 saturated carbocycles. The van der Waals surface area contributed by atoms with Crippen molar-refractivity contribution in [3.05, 3.63) is 212 Å². The van der Waals surface area contributed by atoms with Crippen molar-refractivity contribution in [3.8, 4) is 44.5 Å². The number of rotatable bonds is 7. The average Bonchev–Trinajstić information content (AvgIpc) is 3.87. The lowest BCUT2D eigenvalue weighted by Crippen LogP contribution is -2.10. The highest BCUT2D eigenvalue weighted by molar-refractivity contribution is 7.26. The molecule has 1 nitrogen and oxygen atoms in total. The Bertz CT molecular complexity index is 3000. The molecule has 0 amide bonds. The molecule has 0 aliphatic carbocycles. The average molecular weight is 762 g/mol. The summed E-state index contributed by atoms with van der Waals surface area (Å²) in [7, 11) is 0. The number of thiophene rings is 2. The highest BCUT2D eigenvalue weighted by Gasteiger charge is 2.18. The molecule has 0 aliphatic rings. The van der Waals surface area contributed by atoms with Gasteiger partial charge in [-0.3, -0.25) is 0 Å². The molecule has 9 aromatic carbocycles. The standard InChI is InChI=1S/C54H35NS2/c1-3-13-36(14-4-1)40-33-41(37-15-5-2-6-16-37)35-44(34-40)55(42-29-25-38(26-30-42)45-19-11-21-49-47-17-7-9-23-51(47)56-53(45)49)43-31-27-39(28-32-43)46-20-12-22-50-48-18-8-10-24-52(48)57-54(46)50/h1-35H. The van der Waals surface area contributed by atoms with E-state index in [1.54, 1.807) is 0 Å². The van der Waals surface area contributed by atoms with Gasteiger partial charge in [0.15, 0.2) is 0 Å². The number of anilines is 3. The molecule has 268 valence electrons. The van der Waals surface area contributed by atoms with Crippen molar-refractivity contribution in [2.45, 2.75) is 0 Å². The molecular weight excluding hydrogens is 727 g/mol. The van der Waals surface area contributed by atoms with Crippen molar-refractivity contribution in [3.63, 3.8) is 0 Å². The van der Waals surface area contributed by atoms with Crippen LogP contribution in [0.25, 0.3) is 84.9 Å². The molecule has 0 spiro atoms. The minimum atomic E-state index is 1.10. The Morgan fingerprint density at radius 3 is 1.12 bits per heavy atom. The third kappa shape index (κ3) is 6.00. The van der Waals surface area contributed by atoms with E-state index < -0.39 is 0 Å². The molecule has 11 rings (SSSR count). The van der Waals surface area contributed by atoms with Gasteiger partial charge < -0.3 is 4.90 Å². The first kappa shape index (κ1) is 33.5. The number of hydrogen-bond donors (Lipinski definition) is 0. The number of benzene rings is 9. The molecule has 0 radical (unpaired) electrons. The zero-order chi connectivity index (χ0) is 37.7. The van der Waals surface area contributed by atoms with Gasteiger partial charge in [-0.25, -0.2) is 0 Å². The zero-order valence-electron chi connectivity index (χ0n) is 31.0. The number of fused-ring (bicyclic) bond motifs is 6. The Morgan fingerprint density at radius 2 is 0.667 bits per heavy atom. The smallest absolute Gasteiger partial charge is 0.0473 e. The van der Waals surface area contributed by atoms with Gasteiger partial charge in [0, 0.05) is 57.4 Å². The lowest BCUT2D eigenvalue weighted by Gasteiger charge is -2.27. The van der Waals surface area contributed by atoms with Crippen LogP contribution in [-0.2, 0) is 0 Å². The lowest BCUT2D eigenvalue weighted by molar-refractivity contribution is 1.28. The maximum atomic E-state index is 2.41. The molecule has 2 aromatic heterocycles. The minimum absolute atomic E-state index is 1.10. The second-order valence-electron chi connectivity index (χ2n) is 14.5. The summed E-state index contributed by atoms with van der Waals surface area (Å²) in [4.78, 5) is 2.41. The molecule has 0 unspecified atom stereocenters. The molecule has 0 atom stereocenters. The van der Waals surface area contributed by atoms with Gasteiger partial charge in [-0.05, 0) is 99.1 Å². The molecular formula is C54H35NS2. The fourth-order valence-electron chi connectivity index (χ4n) is 8.31. The molecule has 0 fully saturated rings. The second kappa shape index (κ2) is 14.1. The first-order chi connectivity index (χ1) is 28.2. The van der Waals surface area contributed by atoms with Gasteiger partial charge in [-0.15, -0.1) is 22.7 Å². The third-order valence-corrected chi connectivity index (χ3v) is 13.5. The summed E-state index contributed by atoms with van der Waals surface area (Å²) in [5.74, 6) is 0. The Morgan fingerprint density at radius 1 is 0.263 bits per heavy atom. The van der Waals surface area contributed by atoms with Crippen molar-refractivity contribution in [2.24, 2.45) is 0 Å². The van der Waals surface area contributed by atoms with Gasteiger partial charge in [0.1, 0.15) is 0 Å². The molecule has 0 aliphatic heterocycles. The summed E-state index contributed by atoms with van der Waals surface area (Å²) >= 11 is 3.76. The fourth-order valence-corrected chi connectivity index (χ4v) is 10.8. The van der Waals surface area contributed by atoms with E-state index in [4.69, 9.17) is 0 Å². The Kier molecular flexibility index (Phi) is 8.28. The van der Waals surface area contributed by atoms with Crippen LogP contribution in [0.15, 0.2) is 212 Å². The molecule has 2 heterocycles. The molecule has 11 aromatic rings. The van der Waals surface area contributed by atoms with E-state index in [1.807, 2.05) is 22.7 Å². The largest absolute Gasteiger partial charge is 0.310 e. The van der Waals surface area contributed by atoms with Crippen molar-refractivity contribution >= 4 is 80.1 Å². The van der Waals surface area contributed by atoms with Crippen LogP contribution in [0, 0.1) is 0 Å². The van der Waals surface area contributed by atoms with Crippen molar-refractivity contribution < 1.29 is 0 Å². The summed E-state index contributed by atoms with van der Waals surface area (Å²) < 4.78 is 5.30. The predicted molar refractivity (Wildman–Crippen MR) is 249 cm³/mol. The molecule has 0 saturated heterocycles. The summed E-state index contributed by atoms with van der Waals surface area (Å²) in [6.07, 6.45) is 0. The first-order valence-electron chi connectivity index (χ1n) is 19.3. The quantitative estimate of drug-likeness (QED) is 0.156. The summed E-state index contributed by atoms with van der Waals surface area (Å²) in [5.41, 5.74) is 13.0. The van der Waals surface area contributed by atoms with Crippen LogP contribution in [0.5, 0.6) is 0 Å². The van der Waals surface area contributed by atoms with Gasteiger partial charge >= 0.3 is 0 Å². The van der Waals surface area contributed by atoms with Crippen LogP contribution in [0.2, 0.25) is 0 Å². The topological polar surface area (TPSA) is 3.24 Å². The minimum Gasteiger partial charge on any atom is -0.310 e. The number of hydrogen-bond acceptors (Lipinski definition) is 3. The zero-order valence-corrected chi connectivity index (χ0v) is 32.6. The van der Waals surface area contributed by atoms with E-state index in [1.165, 1.54) is 84.9 Å². The van der Waals surface area contributed by atoms with E-state index in [0.29, 0.717) is 0 Å². The normalized spacial score (nSPS) is 11.5. The van der Waals surface area contributed by atoms with E-state index in [0.717, 1.165) is 17.1 Å². The maximum absolute atomic E-state index is 2.41. The molecule has 0 bridgehead atoms. The van der Waals surface area contributed by atoms with E-state index in [2.05, 4.69) is 217 Å². The molecule has 3 heteroatoms. The van der Waals surface area contributed by atoms with Gasteiger partial charge in [0.2, 0.25) is 0 Å².